The third-order valence-electron chi connectivity index (χ3n) is 3.42. The van der Waals surface area contributed by atoms with E-state index in [9.17, 15) is 8.42 Å². The third kappa shape index (κ3) is 2.48. The second kappa shape index (κ2) is 5.07. The number of sulfonamides is 1. The van der Waals surface area contributed by atoms with E-state index in [1.165, 1.54) is 16.4 Å². The van der Waals surface area contributed by atoms with E-state index in [1.807, 2.05) is 0 Å². The first-order chi connectivity index (χ1) is 8.45. The lowest BCUT2D eigenvalue weighted by molar-refractivity contribution is 0.453. The van der Waals surface area contributed by atoms with Gasteiger partial charge in [0.15, 0.2) is 0 Å². The minimum Gasteiger partial charge on any atom is -0.398 e. The van der Waals surface area contributed by atoms with Gasteiger partial charge in [0.05, 0.1) is 5.69 Å². The van der Waals surface area contributed by atoms with Crippen molar-refractivity contribution in [2.75, 3.05) is 18.8 Å². The molecule has 1 aromatic rings. The molecule has 0 aliphatic carbocycles. The molecule has 1 atom stereocenters. The summed E-state index contributed by atoms with van der Waals surface area (Å²) in [4.78, 5) is 0.117. The summed E-state index contributed by atoms with van der Waals surface area (Å²) in [5.41, 5.74) is 6.00. The lowest BCUT2D eigenvalue weighted by Gasteiger charge is -2.17. The lowest BCUT2D eigenvalue weighted by Crippen LogP contribution is -2.29. The predicted octanol–water partition coefficient (Wildman–Crippen LogP) is 2.34. The van der Waals surface area contributed by atoms with Gasteiger partial charge in [0.25, 0.3) is 0 Å². The van der Waals surface area contributed by atoms with Crippen LogP contribution < -0.4 is 5.73 Å². The molecule has 1 unspecified atom stereocenters. The van der Waals surface area contributed by atoms with Crippen LogP contribution >= 0.6 is 11.6 Å². The topological polar surface area (TPSA) is 63.4 Å². The average Bonchev–Trinajstić information content (AvgIpc) is 2.81. The van der Waals surface area contributed by atoms with Gasteiger partial charge in [0.1, 0.15) is 4.90 Å². The van der Waals surface area contributed by atoms with E-state index in [2.05, 4.69) is 6.92 Å². The van der Waals surface area contributed by atoms with Crippen molar-refractivity contribution in [3.05, 3.63) is 23.2 Å². The van der Waals surface area contributed by atoms with Crippen molar-refractivity contribution in [1.29, 1.82) is 0 Å². The van der Waals surface area contributed by atoms with Crippen LogP contribution in [0.25, 0.3) is 0 Å². The first-order valence-corrected chi connectivity index (χ1v) is 7.82. The van der Waals surface area contributed by atoms with E-state index in [-0.39, 0.29) is 10.6 Å². The molecule has 1 heterocycles. The second-order valence-electron chi connectivity index (χ2n) is 4.61. The van der Waals surface area contributed by atoms with Crippen molar-refractivity contribution in [2.45, 2.75) is 24.7 Å². The Morgan fingerprint density at radius 1 is 1.50 bits per heavy atom. The molecule has 0 saturated carbocycles. The smallest absolute Gasteiger partial charge is 0.245 e. The Morgan fingerprint density at radius 2 is 2.22 bits per heavy atom. The van der Waals surface area contributed by atoms with Gasteiger partial charge in [-0.1, -0.05) is 24.9 Å². The molecule has 2 N–H and O–H groups in total. The van der Waals surface area contributed by atoms with Crippen LogP contribution in [0.4, 0.5) is 5.69 Å². The van der Waals surface area contributed by atoms with E-state index in [0.29, 0.717) is 24.0 Å². The maximum absolute atomic E-state index is 12.5. The van der Waals surface area contributed by atoms with Crippen molar-refractivity contribution in [3.8, 4) is 0 Å². The van der Waals surface area contributed by atoms with Gasteiger partial charge in [0.2, 0.25) is 10.0 Å². The molecule has 2 rings (SSSR count). The van der Waals surface area contributed by atoms with Crippen molar-refractivity contribution in [2.24, 2.45) is 5.92 Å². The van der Waals surface area contributed by atoms with E-state index in [0.717, 1.165) is 12.8 Å². The molecule has 0 aromatic heterocycles. The Bertz CT molecular complexity index is 545. The molecule has 1 aliphatic heterocycles. The molecule has 18 heavy (non-hydrogen) atoms. The highest BCUT2D eigenvalue weighted by Gasteiger charge is 2.32. The third-order valence-corrected chi connectivity index (χ3v) is 5.58. The van der Waals surface area contributed by atoms with Crippen molar-refractivity contribution >= 4 is 27.3 Å². The number of anilines is 1. The zero-order valence-corrected chi connectivity index (χ0v) is 11.8. The van der Waals surface area contributed by atoms with Gasteiger partial charge in [-0.3, -0.25) is 0 Å². The van der Waals surface area contributed by atoms with Crippen LogP contribution in [-0.4, -0.2) is 25.8 Å². The molecule has 1 fully saturated rings. The fourth-order valence-corrected chi connectivity index (χ4v) is 4.13. The quantitative estimate of drug-likeness (QED) is 0.868. The molecule has 1 aliphatic rings. The van der Waals surface area contributed by atoms with E-state index in [1.54, 1.807) is 6.07 Å². The van der Waals surface area contributed by atoms with Crippen LogP contribution in [0.15, 0.2) is 23.1 Å². The number of benzene rings is 1. The fraction of sp³-hybridized carbons (Fsp3) is 0.500. The van der Waals surface area contributed by atoms with Crippen LogP contribution in [0.2, 0.25) is 5.02 Å². The maximum Gasteiger partial charge on any atom is 0.245 e. The lowest BCUT2D eigenvalue weighted by atomic mass is 10.1. The zero-order valence-electron chi connectivity index (χ0n) is 10.3. The van der Waals surface area contributed by atoms with Gasteiger partial charge >= 0.3 is 0 Å². The highest BCUT2D eigenvalue weighted by atomic mass is 35.5. The molecule has 1 aromatic carbocycles. The van der Waals surface area contributed by atoms with Crippen LogP contribution in [0, 0.1) is 5.92 Å². The standard InChI is InChI=1S/C12H17ClN2O2S/c1-2-9-5-6-15(8-9)18(16,17)12-7-10(13)3-4-11(12)14/h3-4,7,9H,2,5-6,8,14H2,1H3. The molecule has 0 bridgehead atoms. The second-order valence-corrected chi connectivity index (χ2v) is 6.95. The molecular formula is C12H17ClN2O2S. The Balaban J connectivity index is 2.34. The number of halogens is 1. The number of nitrogens with zero attached hydrogens (tertiary/aromatic N) is 1. The molecular weight excluding hydrogens is 272 g/mol. The molecule has 1 saturated heterocycles. The zero-order chi connectivity index (χ0) is 13.3. The van der Waals surface area contributed by atoms with Gasteiger partial charge in [-0.05, 0) is 30.5 Å². The minimum absolute atomic E-state index is 0.117. The largest absolute Gasteiger partial charge is 0.398 e. The fourth-order valence-electron chi connectivity index (χ4n) is 2.22. The summed E-state index contributed by atoms with van der Waals surface area (Å²) < 4.78 is 26.4. The highest BCUT2D eigenvalue weighted by Crippen LogP contribution is 2.30. The number of rotatable bonds is 3. The van der Waals surface area contributed by atoms with E-state index < -0.39 is 10.0 Å². The Hall–Kier alpha value is -0.780. The molecule has 0 radical (unpaired) electrons. The van der Waals surface area contributed by atoms with Crippen molar-refractivity contribution < 1.29 is 8.42 Å². The number of nitrogen functional groups attached to an aromatic ring is 1. The highest BCUT2D eigenvalue weighted by molar-refractivity contribution is 7.89. The number of nitrogens with two attached hydrogens (primary N) is 1. The van der Waals surface area contributed by atoms with Gasteiger partial charge in [-0.15, -0.1) is 0 Å². The van der Waals surface area contributed by atoms with Crippen LogP contribution in [0.5, 0.6) is 0 Å². The van der Waals surface area contributed by atoms with E-state index in [4.69, 9.17) is 17.3 Å². The summed E-state index contributed by atoms with van der Waals surface area (Å²) in [7, 11) is -3.51. The Labute approximate surface area is 113 Å². The summed E-state index contributed by atoms with van der Waals surface area (Å²) in [6, 6.07) is 4.54. The summed E-state index contributed by atoms with van der Waals surface area (Å²) in [5, 5.41) is 0.383. The van der Waals surface area contributed by atoms with Gasteiger partial charge in [-0.2, -0.15) is 4.31 Å². The molecule has 0 spiro atoms. The number of hydrogen-bond donors (Lipinski definition) is 1. The monoisotopic (exact) mass is 288 g/mol. The maximum atomic E-state index is 12.5. The number of hydrogen-bond acceptors (Lipinski definition) is 3. The Kier molecular flexibility index (Phi) is 3.84. The molecule has 0 amide bonds. The predicted molar refractivity (Wildman–Crippen MR) is 73.0 cm³/mol. The summed E-state index contributed by atoms with van der Waals surface area (Å²) >= 11 is 5.85. The van der Waals surface area contributed by atoms with Crippen LogP contribution in [-0.2, 0) is 10.0 Å². The SMILES string of the molecule is CCC1CCN(S(=O)(=O)c2cc(Cl)ccc2N)C1. The minimum atomic E-state index is -3.51. The van der Waals surface area contributed by atoms with Gasteiger partial charge in [0, 0.05) is 18.1 Å². The van der Waals surface area contributed by atoms with Gasteiger partial charge in [-0.25, -0.2) is 8.42 Å². The molecule has 4 nitrogen and oxygen atoms in total. The normalized spacial score (nSPS) is 21.3. The van der Waals surface area contributed by atoms with Gasteiger partial charge < -0.3 is 5.73 Å². The summed E-state index contributed by atoms with van der Waals surface area (Å²) in [5.74, 6) is 0.445. The Morgan fingerprint density at radius 3 is 2.83 bits per heavy atom. The van der Waals surface area contributed by atoms with Crippen molar-refractivity contribution in [1.82, 2.24) is 4.31 Å². The summed E-state index contributed by atoms with van der Waals surface area (Å²) in [6.45, 7) is 3.21. The first kappa shape index (κ1) is 13.6. The van der Waals surface area contributed by atoms with Crippen molar-refractivity contribution in [3.63, 3.8) is 0 Å². The molecule has 6 heteroatoms. The summed E-state index contributed by atoms with van der Waals surface area (Å²) in [6.07, 6.45) is 1.91. The van der Waals surface area contributed by atoms with Crippen LogP contribution in [0.1, 0.15) is 19.8 Å². The molecule has 100 valence electrons. The van der Waals surface area contributed by atoms with Crippen LogP contribution in [0.3, 0.4) is 0 Å². The van der Waals surface area contributed by atoms with E-state index >= 15 is 0 Å². The first-order valence-electron chi connectivity index (χ1n) is 6.00. The average molecular weight is 289 g/mol.